The van der Waals surface area contributed by atoms with Crippen LogP contribution < -0.4 is 16.0 Å². The Bertz CT molecular complexity index is 1780. The van der Waals surface area contributed by atoms with Gasteiger partial charge < -0.3 is 49.8 Å². The Morgan fingerprint density at radius 1 is 0.895 bits per heavy atom. The van der Waals surface area contributed by atoms with E-state index >= 15 is 0 Å². The number of ether oxygens (including phenoxy) is 5. The van der Waals surface area contributed by atoms with Gasteiger partial charge in [0.25, 0.3) is 11.7 Å². The van der Waals surface area contributed by atoms with Crippen molar-refractivity contribution >= 4 is 29.8 Å². The van der Waals surface area contributed by atoms with Crippen LogP contribution in [-0.2, 0) is 44.7 Å². The number of nitrogens with one attached hydrogen (secondary N) is 3. The van der Waals surface area contributed by atoms with Crippen molar-refractivity contribution in [3.8, 4) is 11.1 Å². The predicted molar refractivity (Wildman–Crippen MR) is 203 cm³/mol. The number of alkyl carbamates (subject to hydrolysis) is 1. The third-order valence-electron chi connectivity index (χ3n) is 9.18. The number of unbranched alkanes of at least 4 members (excludes halogenated alkanes) is 2. The molecule has 1 aliphatic rings. The Morgan fingerprint density at radius 2 is 1.56 bits per heavy atom. The van der Waals surface area contributed by atoms with Crippen LogP contribution in [0.5, 0.6) is 0 Å². The number of methoxy groups -OCH3 is 1. The molecule has 0 aromatic heterocycles. The van der Waals surface area contributed by atoms with E-state index in [2.05, 4.69) is 16.0 Å². The van der Waals surface area contributed by atoms with E-state index in [1.807, 2.05) is 0 Å². The molecular weight excluding hydrogens is 745 g/mol. The van der Waals surface area contributed by atoms with Crippen LogP contribution in [0.1, 0.15) is 61.9 Å². The molecule has 0 radical (unpaired) electrons. The number of aliphatic hydroxyl groups excluding tert-OH is 2. The molecule has 3 amide bonds. The van der Waals surface area contributed by atoms with Crippen LogP contribution in [0.25, 0.3) is 11.1 Å². The molecule has 0 aliphatic carbocycles. The van der Waals surface area contributed by atoms with Crippen molar-refractivity contribution in [1.82, 2.24) is 16.0 Å². The third kappa shape index (κ3) is 13.1. The highest BCUT2D eigenvalue weighted by Crippen LogP contribution is 2.35. The molecule has 0 bridgehead atoms. The lowest BCUT2D eigenvalue weighted by atomic mass is 9.86. The molecule has 15 nitrogen and oxygen atoms in total. The fourth-order valence-corrected chi connectivity index (χ4v) is 6.30. The van der Waals surface area contributed by atoms with Crippen molar-refractivity contribution in [2.75, 3.05) is 26.9 Å². The van der Waals surface area contributed by atoms with E-state index in [1.54, 1.807) is 73.7 Å². The van der Waals surface area contributed by atoms with E-state index in [0.29, 0.717) is 24.8 Å². The number of carbonyl (C=O) groups excluding carboxylic acids is 5. The van der Waals surface area contributed by atoms with Crippen molar-refractivity contribution in [3.63, 3.8) is 0 Å². The summed E-state index contributed by atoms with van der Waals surface area (Å²) in [4.78, 5) is 64.0. The van der Waals surface area contributed by atoms with Gasteiger partial charge in [0.05, 0.1) is 38.5 Å². The van der Waals surface area contributed by atoms with Gasteiger partial charge in [-0.3, -0.25) is 14.4 Å². The Kier molecular flexibility index (Phi) is 16.9. The van der Waals surface area contributed by atoms with Gasteiger partial charge in [-0.05, 0) is 60.7 Å². The minimum absolute atomic E-state index is 0.0880. The lowest BCUT2D eigenvalue weighted by molar-refractivity contribution is -0.301. The number of esters is 2. The Balaban J connectivity index is 1.53. The highest BCUT2D eigenvalue weighted by molar-refractivity contribution is 5.94. The molecule has 308 valence electrons. The van der Waals surface area contributed by atoms with Crippen molar-refractivity contribution < 1.29 is 62.3 Å². The molecule has 5 N–H and O–H groups in total. The van der Waals surface area contributed by atoms with Crippen LogP contribution in [0.2, 0.25) is 0 Å². The second-order valence-corrected chi connectivity index (χ2v) is 13.4. The normalized spacial score (nSPS) is 20.0. The lowest BCUT2D eigenvalue weighted by Crippen LogP contribution is -2.71. The molecule has 3 aromatic rings. The standard InChI is InChI=1S/C41H50FN3O12/c1-4-54-34(48)13-9-6-10-22-56-41(39(51)53-3)23-32(45-40(52)55-25-27-11-7-5-8-12-27)35(44-26(2)46)37(57-41)36(49)33(47)24-43-38(50)30-16-14-28(15-17-30)29-18-20-31(42)21-19-29/h5,7-8,11-12,14-21,32-33,35-37,47,49H,4,6,9-10,13,22-25H2,1-3H3,(H,43,50)(H,44,46)(H,45,52)/t32-,33-,35-,36-,37?,41-/m1/s1. The van der Waals surface area contributed by atoms with Crippen LogP contribution in [-0.4, -0.2) is 103 Å². The molecule has 57 heavy (non-hydrogen) atoms. The molecule has 6 atom stereocenters. The first-order chi connectivity index (χ1) is 27.3. The van der Waals surface area contributed by atoms with Crippen LogP contribution >= 0.6 is 0 Å². The number of aliphatic hydroxyl groups is 2. The van der Waals surface area contributed by atoms with Crippen molar-refractivity contribution in [2.24, 2.45) is 0 Å². The van der Waals surface area contributed by atoms with Gasteiger partial charge in [-0.2, -0.15) is 0 Å². The highest BCUT2D eigenvalue weighted by Gasteiger charge is 2.57. The second kappa shape index (κ2) is 21.8. The summed E-state index contributed by atoms with van der Waals surface area (Å²) in [5.41, 5.74) is 2.39. The van der Waals surface area contributed by atoms with Gasteiger partial charge in [0.15, 0.2) is 0 Å². The maximum Gasteiger partial charge on any atom is 0.407 e. The zero-order chi connectivity index (χ0) is 41.4. The fraction of sp³-hybridized carbons (Fsp3) is 0.439. The van der Waals surface area contributed by atoms with E-state index in [4.69, 9.17) is 23.7 Å². The van der Waals surface area contributed by atoms with Gasteiger partial charge in [-0.15, -0.1) is 0 Å². The summed E-state index contributed by atoms with van der Waals surface area (Å²) in [6.45, 7) is 2.47. The van der Waals surface area contributed by atoms with Crippen LogP contribution in [0.15, 0.2) is 78.9 Å². The number of rotatable bonds is 19. The molecule has 0 spiro atoms. The molecule has 1 saturated heterocycles. The lowest BCUT2D eigenvalue weighted by Gasteiger charge is -2.48. The minimum Gasteiger partial charge on any atom is -0.466 e. The number of hydrogen-bond donors (Lipinski definition) is 5. The van der Waals surface area contributed by atoms with Gasteiger partial charge >= 0.3 is 18.0 Å². The summed E-state index contributed by atoms with van der Waals surface area (Å²) < 4.78 is 41.0. The van der Waals surface area contributed by atoms with Gasteiger partial charge in [0, 0.05) is 31.9 Å². The van der Waals surface area contributed by atoms with Gasteiger partial charge in [-0.1, -0.05) is 61.0 Å². The fourth-order valence-electron chi connectivity index (χ4n) is 6.30. The third-order valence-corrected chi connectivity index (χ3v) is 9.18. The van der Waals surface area contributed by atoms with E-state index < -0.39 is 73.0 Å². The van der Waals surface area contributed by atoms with E-state index in [-0.39, 0.29) is 43.6 Å². The summed E-state index contributed by atoms with van der Waals surface area (Å²) in [6.07, 6.45) is -5.08. The molecule has 16 heteroatoms. The molecular formula is C41H50FN3O12. The first-order valence-electron chi connectivity index (χ1n) is 18.7. The van der Waals surface area contributed by atoms with Gasteiger partial charge in [0.1, 0.15) is 24.6 Å². The van der Waals surface area contributed by atoms with E-state index in [0.717, 1.165) is 18.2 Å². The average Bonchev–Trinajstić information content (AvgIpc) is 3.21. The van der Waals surface area contributed by atoms with Crippen molar-refractivity contribution in [2.45, 2.75) is 88.7 Å². The Hall–Kier alpha value is -5.42. The molecule has 1 fully saturated rings. The Labute approximate surface area is 330 Å². The molecule has 1 unspecified atom stereocenters. The second-order valence-electron chi connectivity index (χ2n) is 13.4. The molecule has 1 aliphatic heterocycles. The van der Waals surface area contributed by atoms with Crippen LogP contribution in [0.4, 0.5) is 9.18 Å². The van der Waals surface area contributed by atoms with Crippen LogP contribution in [0.3, 0.4) is 0 Å². The zero-order valence-corrected chi connectivity index (χ0v) is 32.1. The molecule has 0 saturated carbocycles. The quantitative estimate of drug-likeness (QED) is 0.0671. The first-order valence-corrected chi connectivity index (χ1v) is 18.7. The number of halogens is 1. The zero-order valence-electron chi connectivity index (χ0n) is 32.1. The SMILES string of the molecule is CCOC(=O)CCCCCO[C@]1(C(=O)OC)C[C@@H](NC(=O)OCc2ccccc2)[C@@H](NC(C)=O)C([C@H](O)[C@H](O)CNC(=O)c2ccc(-c3ccc(F)cc3)cc2)O1. The van der Waals surface area contributed by atoms with E-state index in [1.165, 1.54) is 19.1 Å². The number of benzene rings is 3. The topological polar surface area (TPSA) is 208 Å². The van der Waals surface area contributed by atoms with Gasteiger partial charge in [-0.25, -0.2) is 14.0 Å². The van der Waals surface area contributed by atoms with Gasteiger partial charge in [0.2, 0.25) is 5.91 Å². The number of hydrogen-bond acceptors (Lipinski definition) is 12. The summed E-state index contributed by atoms with van der Waals surface area (Å²) in [5, 5.41) is 30.7. The highest BCUT2D eigenvalue weighted by atomic mass is 19.1. The van der Waals surface area contributed by atoms with Crippen molar-refractivity contribution in [1.29, 1.82) is 0 Å². The maximum absolute atomic E-state index is 13.5. The van der Waals surface area contributed by atoms with Crippen LogP contribution in [0, 0.1) is 5.82 Å². The average molecular weight is 796 g/mol. The smallest absolute Gasteiger partial charge is 0.407 e. The Morgan fingerprint density at radius 3 is 2.19 bits per heavy atom. The van der Waals surface area contributed by atoms with E-state index in [9.17, 15) is 38.6 Å². The first kappa shape index (κ1) is 44.3. The molecule has 1 heterocycles. The summed E-state index contributed by atoms with van der Waals surface area (Å²) in [7, 11) is 1.09. The summed E-state index contributed by atoms with van der Waals surface area (Å²) >= 11 is 0. The maximum atomic E-state index is 13.5. The largest absolute Gasteiger partial charge is 0.466 e. The number of carbonyl (C=O) groups is 5. The van der Waals surface area contributed by atoms with Crippen molar-refractivity contribution in [3.05, 3.63) is 95.8 Å². The molecule has 3 aromatic carbocycles. The molecule has 4 rings (SSSR count). The minimum atomic E-state index is -2.26. The summed E-state index contributed by atoms with van der Waals surface area (Å²) in [5.74, 6) is -5.19. The summed E-state index contributed by atoms with van der Waals surface area (Å²) in [6, 6.07) is 18.7. The predicted octanol–water partition coefficient (Wildman–Crippen LogP) is 3.54. The monoisotopic (exact) mass is 795 g/mol. The number of amides is 3.